The molecule has 200 valence electrons. The van der Waals surface area contributed by atoms with E-state index in [1.165, 1.54) is 0 Å². The number of primary amides is 1. The van der Waals surface area contributed by atoms with Gasteiger partial charge in [-0.1, -0.05) is 42.5 Å². The number of amides is 2. The van der Waals surface area contributed by atoms with Crippen molar-refractivity contribution < 1.29 is 14.7 Å². The minimum atomic E-state index is -0.817. The monoisotopic (exact) mass is 515 g/mol. The molecule has 2 unspecified atom stereocenters. The average Bonchev–Trinajstić information content (AvgIpc) is 2.89. The van der Waals surface area contributed by atoms with Crippen LogP contribution in [0.4, 0.5) is 0 Å². The molecule has 3 rings (SSSR count). The van der Waals surface area contributed by atoms with E-state index in [4.69, 9.17) is 11.5 Å². The minimum Gasteiger partial charge on any atom is -0.508 e. The van der Waals surface area contributed by atoms with E-state index in [0.29, 0.717) is 18.5 Å². The lowest BCUT2D eigenvalue weighted by Gasteiger charge is -2.33. The molecule has 6 N–H and O–H groups in total. The van der Waals surface area contributed by atoms with Crippen LogP contribution in [0.25, 0.3) is 0 Å². The molecule has 3 aromatic carbocycles. The summed E-state index contributed by atoms with van der Waals surface area (Å²) in [6, 6.07) is 19.1. The number of benzene rings is 3. The zero-order valence-electron chi connectivity index (χ0n) is 22.2. The zero-order chi connectivity index (χ0) is 27.8. The molecule has 0 aliphatic heterocycles. The zero-order valence-corrected chi connectivity index (χ0v) is 22.2. The number of nitrogens with zero attached hydrogens (tertiary/aromatic N) is 2. The second-order valence-corrected chi connectivity index (χ2v) is 9.59. The van der Waals surface area contributed by atoms with Crippen LogP contribution < -0.4 is 16.8 Å². The molecule has 3 aromatic rings. The van der Waals surface area contributed by atoms with Crippen LogP contribution >= 0.6 is 0 Å². The maximum Gasteiger partial charge on any atom is 0.248 e. The minimum absolute atomic E-state index is 0.182. The Morgan fingerprint density at radius 1 is 1.05 bits per heavy atom. The topological polar surface area (TPSA) is 134 Å². The highest BCUT2D eigenvalue weighted by atomic mass is 16.3. The molecule has 0 aliphatic carbocycles. The number of phenolic OH excluding ortho intramolecular Hbond substituents is 1. The molecule has 0 aromatic heterocycles. The SMILES string of the molecule is C=NC(CNC(C)N(Cc1cccc(C(N)=O)c1)C(=O)[C@@H](N)Cc1c(C)cc(O)cc1C)c1ccccc1. The first-order chi connectivity index (χ1) is 18.1. The van der Waals surface area contributed by atoms with Crippen LogP contribution in [0.2, 0.25) is 0 Å². The van der Waals surface area contributed by atoms with Gasteiger partial charge >= 0.3 is 0 Å². The lowest BCUT2D eigenvalue weighted by molar-refractivity contribution is -0.136. The van der Waals surface area contributed by atoms with Crippen molar-refractivity contribution in [3.8, 4) is 5.75 Å². The first-order valence-corrected chi connectivity index (χ1v) is 12.6. The Bertz CT molecular complexity index is 1250. The number of aliphatic imine (C=N–C) groups is 1. The van der Waals surface area contributed by atoms with Crippen molar-refractivity contribution in [3.05, 3.63) is 100 Å². The van der Waals surface area contributed by atoms with Crippen molar-refractivity contribution in [1.29, 1.82) is 0 Å². The predicted octanol–water partition coefficient (Wildman–Crippen LogP) is 3.38. The summed E-state index contributed by atoms with van der Waals surface area (Å²) < 4.78 is 0. The molecule has 0 saturated heterocycles. The molecule has 0 spiro atoms. The third-order valence-electron chi connectivity index (χ3n) is 6.75. The van der Waals surface area contributed by atoms with E-state index >= 15 is 0 Å². The number of carbonyl (C=O) groups excluding carboxylic acids is 2. The fourth-order valence-corrected chi connectivity index (χ4v) is 4.59. The van der Waals surface area contributed by atoms with Gasteiger partial charge in [-0.2, -0.15) is 0 Å². The Kier molecular flexibility index (Phi) is 9.76. The molecule has 0 radical (unpaired) electrons. The molecule has 8 heteroatoms. The Hall–Kier alpha value is -4.01. The standard InChI is InChI=1S/C30H37N5O3/c1-19-13-25(36)14-20(2)26(19)16-27(31)30(38)35(18-22-9-8-12-24(15-22)29(32)37)21(3)34-17-28(33-4)23-10-6-5-7-11-23/h5-15,21,27-28,34,36H,4,16-18,31H2,1-3H3,(H2,32,37)/t21?,27-,28?/m0/s1. The van der Waals surface area contributed by atoms with Crippen LogP contribution in [0.3, 0.4) is 0 Å². The van der Waals surface area contributed by atoms with E-state index in [2.05, 4.69) is 17.0 Å². The normalized spacial score (nSPS) is 13.4. The van der Waals surface area contributed by atoms with Crippen LogP contribution in [-0.4, -0.2) is 47.3 Å². The van der Waals surface area contributed by atoms with Crippen LogP contribution in [0.15, 0.2) is 71.7 Å². The fraction of sp³-hybridized carbons (Fsp3) is 0.300. The largest absolute Gasteiger partial charge is 0.508 e. The average molecular weight is 516 g/mol. The molecular weight excluding hydrogens is 478 g/mol. The number of nitrogens with one attached hydrogen (secondary N) is 1. The van der Waals surface area contributed by atoms with Crippen LogP contribution in [0.1, 0.15) is 51.1 Å². The van der Waals surface area contributed by atoms with Crippen LogP contribution in [0.5, 0.6) is 5.75 Å². The summed E-state index contributed by atoms with van der Waals surface area (Å²) >= 11 is 0. The first-order valence-electron chi connectivity index (χ1n) is 12.6. The first kappa shape index (κ1) is 28.6. The summed E-state index contributed by atoms with van der Waals surface area (Å²) in [6.45, 7) is 10.1. The lowest BCUT2D eigenvalue weighted by atomic mass is 9.95. The lowest BCUT2D eigenvalue weighted by Crippen LogP contribution is -2.53. The van der Waals surface area contributed by atoms with Gasteiger partial charge in [0.15, 0.2) is 0 Å². The number of carbonyl (C=O) groups is 2. The highest BCUT2D eigenvalue weighted by Crippen LogP contribution is 2.23. The molecule has 3 atom stereocenters. The second kappa shape index (κ2) is 13.0. The maximum absolute atomic E-state index is 13.8. The second-order valence-electron chi connectivity index (χ2n) is 9.59. The molecule has 0 saturated carbocycles. The van der Waals surface area contributed by atoms with Crippen molar-refractivity contribution >= 4 is 18.5 Å². The molecule has 38 heavy (non-hydrogen) atoms. The predicted molar refractivity (Wildman–Crippen MR) is 151 cm³/mol. The van der Waals surface area contributed by atoms with E-state index in [1.54, 1.807) is 35.2 Å². The van der Waals surface area contributed by atoms with Gasteiger partial charge in [-0.15, -0.1) is 0 Å². The highest BCUT2D eigenvalue weighted by Gasteiger charge is 2.27. The fourth-order valence-electron chi connectivity index (χ4n) is 4.59. The van der Waals surface area contributed by atoms with E-state index in [9.17, 15) is 14.7 Å². The van der Waals surface area contributed by atoms with Gasteiger partial charge in [0.2, 0.25) is 11.8 Å². The van der Waals surface area contributed by atoms with Crippen molar-refractivity contribution in [2.75, 3.05) is 6.54 Å². The highest BCUT2D eigenvalue weighted by molar-refractivity contribution is 5.93. The van der Waals surface area contributed by atoms with E-state index in [1.807, 2.05) is 57.2 Å². The molecule has 8 nitrogen and oxygen atoms in total. The summed E-state index contributed by atoms with van der Waals surface area (Å²) in [5.41, 5.74) is 16.8. The number of hydrogen-bond donors (Lipinski definition) is 4. The smallest absolute Gasteiger partial charge is 0.248 e. The number of hydrogen-bond acceptors (Lipinski definition) is 6. The molecule has 0 fully saturated rings. The molecular formula is C30H37N5O3. The van der Waals surface area contributed by atoms with Gasteiger partial charge in [0.25, 0.3) is 0 Å². The summed E-state index contributed by atoms with van der Waals surface area (Å²) in [7, 11) is 0. The summed E-state index contributed by atoms with van der Waals surface area (Å²) in [4.78, 5) is 31.4. The van der Waals surface area contributed by atoms with Gasteiger partial charge in [0, 0.05) is 18.7 Å². The molecule has 0 bridgehead atoms. The van der Waals surface area contributed by atoms with Crippen molar-refractivity contribution in [1.82, 2.24) is 10.2 Å². The van der Waals surface area contributed by atoms with Gasteiger partial charge in [0.1, 0.15) is 5.75 Å². The Morgan fingerprint density at radius 3 is 2.32 bits per heavy atom. The molecule has 2 amide bonds. The van der Waals surface area contributed by atoms with E-state index < -0.39 is 18.1 Å². The maximum atomic E-state index is 13.8. The van der Waals surface area contributed by atoms with Crippen molar-refractivity contribution in [3.63, 3.8) is 0 Å². The summed E-state index contributed by atoms with van der Waals surface area (Å²) in [6.07, 6.45) is -0.0805. The van der Waals surface area contributed by atoms with E-state index in [0.717, 1.165) is 27.8 Å². The Labute approximate surface area is 224 Å². The third kappa shape index (κ3) is 7.27. The van der Waals surface area contributed by atoms with Gasteiger partial charge in [-0.05, 0) is 86.0 Å². The number of nitrogens with two attached hydrogens (primary N) is 2. The van der Waals surface area contributed by atoms with Gasteiger partial charge < -0.3 is 21.5 Å². The van der Waals surface area contributed by atoms with Crippen LogP contribution in [-0.2, 0) is 17.8 Å². The van der Waals surface area contributed by atoms with Gasteiger partial charge in [-0.3, -0.25) is 19.9 Å². The van der Waals surface area contributed by atoms with Gasteiger partial charge in [0.05, 0.1) is 18.2 Å². The molecule has 0 heterocycles. The third-order valence-corrected chi connectivity index (χ3v) is 6.75. The Balaban J connectivity index is 1.84. The number of aromatic hydroxyl groups is 1. The van der Waals surface area contributed by atoms with E-state index in [-0.39, 0.29) is 24.2 Å². The van der Waals surface area contributed by atoms with Crippen molar-refractivity contribution in [2.45, 2.75) is 52.0 Å². The summed E-state index contributed by atoms with van der Waals surface area (Å²) in [5, 5.41) is 13.3. The number of aryl methyl sites for hydroxylation is 2. The number of rotatable bonds is 12. The molecule has 0 aliphatic rings. The quantitative estimate of drug-likeness (QED) is 0.217. The van der Waals surface area contributed by atoms with Crippen LogP contribution in [0, 0.1) is 13.8 Å². The summed E-state index contributed by atoms with van der Waals surface area (Å²) in [5.74, 6) is -0.598. The van der Waals surface area contributed by atoms with Crippen molar-refractivity contribution in [2.24, 2.45) is 16.5 Å². The van der Waals surface area contributed by atoms with Gasteiger partial charge in [-0.25, -0.2) is 0 Å². The number of phenols is 1. The Morgan fingerprint density at radius 2 is 1.71 bits per heavy atom.